The molecule has 0 radical (unpaired) electrons. The summed E-state index contributed by atoms with van der Waals surface area (Å²) < 4.78 is 1.99. The van der Waals surface area contributed by atoms with E-state index in [1.807, 2.05) is 18.2 Å². The Hall–Kier alpha value is -0.550. The van der Waals surface area contributed by atoms with Crippen LogP contribution in [0.25, 0.3) is 0 Å². The highest BCUT2D eigenvalue weighted by molar-refractivity contribution is 9.11. The van der Waals surface area contributed by atoms with Gasteiger partial charge < -0.3 is 11.1 Å². The molecule has 0 saturated heterocycles. The van der Waals surface area contributed by atoms with Crippen LogP contribution in [0.15, 0.2) is 32.1 Å². The van der Waals surface area contributed by atoms with Gasteiger partial charge in [-0.1, -0.05) is 15.9 Å². The fourth-order valence-electron chi connectivity index (χ4n) is 1.16. The van der Waals surface area contributed by atoms with Crippen LogP contribution in [0.2, 0.25) is 0 Å². The predicted octanol–water partition coefficient (Wildman–Crippen LogP) is 3.10. The molecule has 1 aromatic rings. The Kier molecular flexibility index (Phi) is 3.31. The van der Waals surface area contributed by atoms with Crippen molar-refractivity contribution < 1.29 is 0 Å². The van der Waals surface area contributed by atoms with Gasteiger partial charge in [-0.15, -0.1) is 0 Å². The second-order valence-corrected chi connectivity index (χ2v) is 5.26. The van der Waals surface area contributed by atoms with Crippen LogP contribution < -0.4 is 11.1 Å². The third kappa shape index (κ3) is 3.21. The molecule has 0 atom stereocenters. The first-order valence-corrected chi connectivity index (χ1v) is 6.29. The van der Waals surface area contributed by atoms with Gasteiger partial charge >= 0.3 is 0 Å². The molecular formula is C10H11Br2N3. The molecule has 0 spiro atoms. The van der Waals surface area contributed by atoms with Crippen molar-refractivity contribution in [1.29, 1.82) is 0 Å². The number of nitrogens with two attached hydrogens (primary N) is 1. The maximum Gasteiger partial charge on any atom is 0.193 e. The summed E-state index contributed by atoms with van der Waals surface area (Å²) in [7, 11) is 0. The number of halogens is 2. The van der Waals surface area contributed by atoms with E-state index in [2.05, 4.69) is 42.2 Å². The molecule has 1 saturated carbocycles. The van der Waals surface area contributed by atoms with E-state index in [0.717, 1.165) is 27.5 Å². The lowest BCUT2D eigenvalue weighted by Crippen LogP contribution is -2.23. The van der Waals surface area contributed by atoms with Gasteiger partial charge in [0.1, 0.15) is 0 Å². The quantitative estimate of drug-likeness (QED) is 0.646. The highest BCUT2D eigenvalue weighted by atomic mass is 79.9. The van der Waals surface area contributed by atoms with Gasteiger partial charge in [0, 0.05) is 8.95 Å². The van der Waals surface area contributed by atoms with Gasteiger partial charge in [0.05, 0.1) is 11.7 Å². The number of nitrogens with one attached hydrogen (secondary N) is 1. The number of anilines is 1. The first-order chi connectivity index (χ1) is 7.15. The molecule has 0 unspecified atom stereocenters. The summed E-state index contributed by atoms with van der Waals surface area (Å²) in [5, 5.41) is 3.07. The summed E-state index contributed by atoms with van der Waals surface area (Å²) >= 11 is 6.85. The molecule has 0 aromatic heterocycles. The second kappa shape index (κ2) is 4.53. The molecule has 3 nitrogen and oxygen atoms in total. The van der Waals surface area contributed by atoms with Crippen LogP contribution in [-0.4, -0.2) is 12.0 Å². The van der Waals surface area contributed by atoms with Crippen molar-refractivity contribution in [2.45, 2.75) is 18.9 Å². The monoisotopic (exact) mass is 331 g/mol. The van der Waals surface area contributed by atoms with E-state index in [4.69, 9.17) is 5.73 Å². The van der Waals surface area contributed by atoms with Crippen LogP contribution in [0, 0.1) is 0 Å². The van der Waals surface area contributed by atoms with E-state index in [-0.39, 0.29) is 0 Å². The van der Waals surface area contributed by atoms with Crippen molar-refractivity contribution in [2.75, 3.05) is 5.32 Å². The van der Waals surface area contributed by atoms with Crippen LogP contribution in [-0.2, 0) is 0 Å². The van der Waals surface area contributed by atoms with Crippen molar-refractivity contribution in [3.05, 3.63) is 27.1 Å². The Labute approximate surface area is 105 Å². The van der Waals surface area contributed by atoms with Gasteiger partial charge in [-0.3, -0.25) is 0 Å². The topological polar surface area (TPSA) is 50.4 Å². The molecule has 5 heteroatoms. The minimum atomic E-state index is 0.437. The predicted molar refractivity (Wildman–Crippen MR) is 70.1 cm³/mol. The Morgan fingerprint density at radius 3 is 2.73 bits per heavy atom. The summed E-state index contributed by atoms with van der Waals surface area (Å²) in [6.07, 6.45) is 2.31. The number of rotatable bonds is 2. The summed E-state index contributed by atoms with van der Waals surface area (Å²) in [6.45, 7) is 0. The lowest BCUT2D eigenvalue weighted by Gasteiger charge is -2.07. The molecule has 0 heterocycles. The number of nitrogens with zero attached hydrogens (tertiary/aromatic N) is 1. The lowest BCUT2D eigenvalue weighted by atomic mass is 10.3. The van der Waals surface area contributed by atoms with Gasteiger partial charge in [-0.2, -0.15) is 0 Å². The van der Waals surface area contributed by atoms with E-state index in [0.29, 0.717) is 12.0 Å². The average molecular weight is 333 g/mol. The smallest absolute Gasteiger partial charge is 0.193 e. The van der Waals surface area contributed by atoms with Gasteiger partial charge in [-0.25, -0.2) is 4.99 Å². The first kappa shape index (κ1) is 11.0. The number of hydrogen-bond donors (Lipinski definition) is 2. The molecule has 80 valence electrons. The number of benzene rings is 1. The van der Waals surface area contributed by atoms with Crippen LogP contribution in [0.1, 0.15) is 12.8 Å². The maximum absolute atomic E-state index is 5.76. The molecule has 0 amide bonds. The minimum Gasteiger partial charge on any atom is -0.370 e. The molecule has 1 aliphatic rings. The number of guanidine groups is 1. The second-order valence-electron chi connectivity index (χ2n) is 3.49. The van der Waals surface area contributed by atoms with E-state index < -0.39 is 0 Å². The molecule has 1 aromatic carbocycles. The van der Waals surface area contributed by atoms with Crippen LogP contribution in [0.3, 0.4) is 0 Å². The zero-order valence-electron chi connectivity index (χ0n) is 8.00. The third-order valence-corrected chi connectivity index (χ3v) is 3.21. The van der Waals surface area contributed by atoms with Crippen molar-refractivity contribution in [2.24, 2.45) is 10.7 Å². The molecule has 0 aliphatic heterocycles. The number of aliphatic imine (C=N–C) groups is 1. The molecule has 0 bridgehead atoms. The van der Waals surface area contributed by atoms with Crippen LogP contribution >= 0.6 is 31.9 Å². The van der Waals surface area contributed by atoms with E-state index >= 15 is 0 Å². The molecule has 1 fully saturated rings. The van der Waals surface area contributed by atoms with E-state index in [1.54, 1.807) is 0 Å². The molecule has 1 aliphatic carbocycles. The summed E-state index contributed by atoms with van der Waals surface area (Å²) in [6, 6.07) is 6.31. The molecule has 3 N–H and O–H groups in total. The summed E-state index contributed by atoms with van der Waals surface area (Å²) in [5.41, 5.74) is 6.69. The Morgan fingerprint density at radius 1 is 1.40 bits per heavy atom. The summed E-state index contributed by atoms with van der Waals surface area (Å²) in [4.78, 5) is 4.30. The van der Waals surface area contributed by atoms with Gasteiger partial charge in [0.15, 0.2) is 5.96 Å². The standard InChI is InChI=1S/C10H11Br2N3/c11-6-1-4-9(8(12)5-6)15-10(13)14-7-2-3-7/h1,4-5,7H,2-3H2,(H3,13,14,15). The molecule has 2 rings (SSSR count). The molecule has 15 heavy (non-hydrogen) atoms. The zero-order chi connectivity index (χ0) is 10.8. The van der Waals surface area contributed by atoms with Gasteiger partial charge in [0.25, 0.3) is 0 Å². The van der Waals surface area contributed by atoms with Gasteiger partial charge in [0.2, 0.25) is 0 Å². The lowest BCUT2D eigenvalue weighted by molar-refractivity contribution is 1.06. The average Bonchev–Trinajstić information content (AvgIpc) is 2.94. The van der Waals surface area contributed by atoms with E-state index in [1.165, 1.54) is 0 Å². The third-order valence-electron chi connectivity index (χ3n) is 2.06. The summed E-state index contributed by atoms with van der Waals surface area (Å²) in [5.74, 6) is 0.487. The van der Waals surface area contributed by atoms with Crippen LogP contribution in [0.4, 0.5) is 5.69 Å². The van der Waals surface area contributed by atoms with Crippen molar-refractivity contribution in [3.8, 4) is 0 Å². The first-order valence-electron chi connectivity index (χ1n) is 4.70. The zero-order valence-corrected chi connectivity index (χ0v) is 11.2. The Morgan fingerprint density at radius 2 is 2.13 bits per heavy atom. The normalized spacial score (nSPS) is 16.5. The van der Waals surface area contributed by atoms with Crippen molar-refractivity contribution in [1.82, 2.24) is 0 Å². The SMILES string of the molecule is NC(=NC1CC1)Nc1ccc(Br)cc1Br. The van der Waals surface area contributed by atoms with Crippen molar-refractivity contribution in [3.63, 3.8) is 0 Å². The van der Waals surface area contributed by atoms with Crippen LogP contribution in [0.5, 0.6) is 0 Å². The fraction of sp³-hybridized carbons (Fsp3) is 0.300. The fourth-order valence-corrected chi connectivity index (χ4v) is 2.31. The minimum absolute atomic E-state index is 0.437. The Bertz CT molecular complexity index is 400. The van der Waals surface area contributed by atoms with Gasteiger partial charge in [-0.05, 0) is 47.0 Å². The maximum atomic E-state index is 5.76. The largest absolute Gasteiger partial charge is 0.370 e. The Balaban J connectivity index is 2.09. The van der Waals surface area contributed by atoms with Crippen molar-refractivity contribution >= 4 is 43.5 Å². The highest BCUT2D eigenvalue weighted by Crippen LogP contribution is 2.27. The highest BCUT2D eigenvalue weighted by Gasteiger charge is 2.20. The molecular weight excluding hydrogens is 322 g/mol. The number of hydrogen-bond acceptors (Lipinski definition) is 1. The van der Waals surface area contributed by atoms with E-state index in [9.17, 15) is 0 Å².